The molecule has 1 atom stereocenters. The first-order chi connectivity index (χ1) is 11.7. The molecule has 24 heavy (non-hydrogen) atoms. The molecule has 1 saturated heterocycles. The van der Waals surface area contributed by atoms with Gasteiger partial charge in [0.25, 0.3) is 5.91 Å². The van der Waals surface area contributed by atoms with Crippen LogP contribution in [0.15, 0.2) is 41.8 Å². The lowest BCUT2D eigenvalue weighted by molar-refractivity contribution is 0.0934. The Bertz CT molecular complexity index is 634. The maximum absolute atomic E-state index is 12.4. The number of carbonyl (C=O) groups excluding carboxylic acids is 1. The number of nitrogens with zero attached hydrogens (tertiary/aromatic N) is 1. The van der Waals surface area contributed by atoms with Gasteiger partial charge in [-0.05, 0) is 61.6 Å². The smallest absolute Gasteiger partial charge is 0.251 e. The molecule has 1 aromatic carbocycles. The van der Waals surface area contributed by atoms with Crippen molar-refractivity contribution in [1.82, 2.24) is 10.2 Å². The van der Waals surface area contributed by atoms with E-state index in [-0.39, 0.29) is 11.9 Å². The summed E-state index contributed by atoms with van der Waals surface area (Å²) in [5, 5.41) is 5.87. The fourth-order valence-electron chi connectivity index (χ4n) is 3.19. The Morgan fingerprint density at radius 3 is 2.46 bits per heavy atom. The van der Waals surface area contributed by atoms with Crippen LogP contribution in [-0.2, 0) is 0 Å². The van der Waals surface area contributed by atoms with Gasteiger partial charge in [0.2, 0.25) is 0 Å². The Kier molecular flexibility index (Phi) is 6.30. The van der Waals surface area contributed by atoms with Crippen molar-refractivity contribution in [3.05, 3.63) is 57.2 Å². The van der Waals surface area contributed by atoms with Crippen molar-refractivity contribution >= 4 is 28.8 Å². The molecule has 5 heteroatoms. The van der Waals surface area contributed by atoms with Crippen LogP contribution >= 0.6 is 22.9 Å². The van der Waals surface area contributed by atoms with E-state index in [1.54, 1.807) is 35.6 Å². The third-order valence-electron chi connectivity index (χ3n) is 4.52. The highest BCUT2D eigenvalue weighted by atomic mass is 35.5. The number of amides is 1. The maximum Gasteiger partial charge on any atom is 0.251 e. The van der Waals surface area contributed by atoms with Crippen molar-refractivity contribution in [2.24, 2.45) is 0 Å². The number of hydrogen-bond donors (Lipinski definition) is 1. The number of thiophene rings is 1. The van der Waals surface area contributed by atoms with Gasteiger partial charge in [-0.3, -0.25) is 9.69 Å². The molecule has 0 saturated carbocycles. The quantitative estimate of drug-likeness (QED) is 0.832. The molecule has 1 fully saturated rings. The molecule has 0 bridgehead atoms. The number of halogens is 1. The summed E-state index contributed by atoms with van der Waals surface area (Å²) in [6, 6.07) is 11.6. The highest BCUT2D eigenvalue weighted by Crippen LogP contribution is 2.27. The zero-order valence-corrected chi connectivity index (χ0v) is 15.3. The van der Waals surface area contributed by atoms with Crippen LogP contribution in [0.1, 0.15) is 47.0 Å². The van der Waals surface area contributed by atoms with Crippen LogP contribution < -0.4 is 5.32 Å². The summed E-state index contributed by atoms with van der Waals surface area (Å²) >= 11 is 7.66. The summed E-state index contributed by atoms with van der Waals surface area (Å²) in [5.41, 5.74) is 0.653. The molecule has 0 aliphatic carbocycles. The average molecular weight is 363 g/mol. The van der Waals surface area contributed by atoms with Crippen molar-refractivity contribution in [3.63, 3.8) is 0 Å². The van der Waals surface area contributed by atoms with E-state index in [9.17, 15) is 4.79 Å². The van der Waals surface area contributed by atoms with Gasteiger partial charge in [0, 0.05) is 22.0 Å². The Balaban J connectivity index is 1.67. The van der Waals surface area contributed by atoms with Gasteiger partial charge in [0.15, 0.2) is 0 Å². The second-order valence-corrected chi connectivity index (χ2v) is 7.61. The fraction of sp³-hybridized carbons (Fsp3) is 0.421. The molecule has 1 aliphatic heterocycles. The van der Waals surface area contributed by atoms with Crippen LogP contribution in [0.3, 0.4) is 0 Å². The number of benzene rings is 1. The van der Waals surface area contributed by atoms with Gasteiger partial charge in [0.05, 0.1) is 6.04 Å². The fourth-order valence-corrected chi connectivity index (χ4v) is 4.18. The Hall–Kier alpha value is -1.36. The van der Waals surface area contributed by atoms with Gasteiger partial charge in [-0.1, -0.05) is 30.5 Å². The number of carbonyl (C=O) groups is 1. The summed E-state index contributed by atoms with van der Waals surface area (Å²) in [6.45, 7) is 2.86. The molecule has 0 spiro atoms. The SMILES string of the molecule is O=C(NCC(c1cccs1)N1CCCCCC1)c1ccc(Cl)cc1. The normalized spacial score (nSPS) is 17.2. The largest absolute Gasteiger partial charge is 0.350 e. The van der Waals surface area contributed by atoms with E-state index in [2.05, 4.69) is 27.7 Å². The van der Waals surface area contributed by atoms with Crippen molar-refractivity contribution < 1.29 is 4.79 Å². The predicted molar refractivity (Wildman–Crippen MR) is 101 cm³/mol. The second kappa shape index (κ2) is 8.65. The van der Waals surface area contributed by atoms with E-state index < -0.39 is 0 Å². The summed E-state index contributed by atoms with van der Waals surface area (Å²) < 4.78 is 0. The molecule has 1 amide bonds. The molecule has 0 radical (unpaired) electrons. The topological polar surface area (TPSA) is 32.3 Å². The zero-order chi connectivity index (χ0) is 16.8. The number of rotatable bonds is 5. The molecule has 128 valence electrons. The molecule has 1 unspecified atom stereocenters. The number of likely N-dealkylation sites (tertiary alicyclic amines) is 1. The molecule has 1 aromatic heterocycles. The minimum Gasteiger partial charge on any atom is -0.350 e. The van der Waals surface area contributed by atoms with Crippen LogP contribution in [0.25, 0.3) is 0 Å². The molecule has 1 aliphatic rings. The van der Waals surface area contributed by atoms with E-state index in [0.717, 1.165) is 13.1 Å². The molecule has 3 nitrogen and oxygen atoms in total. The third kappa shape index (κ3) is 4.59. The van der Waals surface area contributed by atoms with E-state index in [4.69, 9.17) is 11.6 Å². The number of hydrogen-bond acceptors (Lipinski definition) is 3. The minimum atomic E-state index is -0.0388. The highest BCUT2D eigenvalue weighted by Gasteiger charge is 2.23. The monoisotopic (exact) mass is 362 g/mol. The van der Waals surface area contributed by atoms with Gasteiger partial charge in [-0.25, -0.2) is 0 Å². The Labute approximate surface area is 152 Å². The molecule has 2 aromatic rings. The Morgan fingerprint density at radius 1 is 1.12 bits per heavy atom. The lowest BCUT2D eigenvalue weighted by atomic mass is 10.1. The maximum atomic E-state index is 12.4. The average Bonchev–Trinajstić information content (AvgIpc) is 2.98. The molecular formula is C19H23ClN2OS. The van der Waals surface area contributed by atoms with Gasteiger partial charge in [-0.2, -0.15) is 0 Å². The van der Waals surface area contributed by atoms with Gasteiger partial charge < -0.3 is 5.32 Å². The molecular weight excluding hydrogens is 340 g/mol. The minimum absolute atomic E-state index is 0.0388. The molecule has 1 N–H and O–H groups in total. The first kappa shape index (κ1) is 17.5. The second-order valence-electron chi connectivity index (χ2n) is 6.20. The summed E-state index contributed by atoms with van der Waals surface area (Å²) in [6.07, 6.45) is 5.11. The van der Waals surface area contributed by atoms with Crippen LogP contribution in [0.4, 0.5) is 0 Å². The number of nitrogens with one attached hydrogen (secondary N) is 1. The van der Waals surface area contributed by atoms with Crippen LogP contribution in [0.2, 0.25) is 5.02 Å². The van der Waals surface area contributed by atoms with Gasteiger partial charge in [0.1, 0.15) is 0 Å². The first-order valence-corrected chi connectivity index (χ1v) is 9.81. The lowest BCUT2D eigenvalue weighted by Crippen LogP contribution is -2.38. The van der Waals surface area contributed by atoms with Crippen molar-refractivity contribution in [1.29, 1.82) is 0 Å². The Morgan fingerprint density at radius 2 is 1.83 bits per heavy atom. The zero-order valence-electron chi connectivity index (χ0n) is 13.7. The molecule has 2 heterocycles. The van der Waals surface area contributed by atoms with E-state index >= 15 is 0 Å². The van der Waals surface area contributed by atoms with Crippen molar-refractivity contribution in [2.45, 2.75) is 31.7 Å². The van der Waals surface area contributed by atoms with Crippen LogP contribution in [0, 0.1) is 0 Å². The molecule has 3 rings (SSSR count). The van der Waals surface area contributed by atoms with Gasteiger partial charge >= 0.3 is 0 Å². The van der Waals surface area contributed by atoms with Crippen LogP contribution in [0.5, 0.6) is 0 Å². The first-order valence-electron chi connectivity index (χ1n) is 8.55. The highest BCUT2D eigenvalue weighted by molar-refractivity contribution is 7.10. The third-order valence-corrected chi connectivity index (χ3v) is 5.74. The van der Waals surface area contributed by atoms with Crippen molar-refractivity contribution in [3.8, 4) is 0 Å². The standard InChI is InChI=1S/C19H23ClN2OS/c20-16-9-7-15(8-10-16)19(23)21-14-17(18-6-5-13-24-18)22-11-3-1-2-4-12-22/h5-10,13,17H,1-4,11-12,14H2,(H,21,23). The van der Waals surface area contributed by atoms with E-state index in [1.807, 2.05) is 0 Å². The van der Waals surface area contributed by atoms with Crippen molar-refractivity contribution in [2.75, 3.05) is 19.6 Å². The van der Waals surface area contributed by atoms with E-state index in [1.165, 1.54) is 30.6 Å². The predicted octanol–water partition coefficient (Wildman–Crippen LogP) is 4.75. The van der Waals surface area contributed by atoms with Gasteiger partial charge in [-0.15, -0.1) is 11.3 Å². The summed E-state index contributed by atoms with van der Waals surface area (Å²) in [5.74, 6) is -0.0388. The lowest BCUT2D eigenvalue weighted by Gasteiger charge is -2.30. The summed E-state index contributed by atoms with van der Waals surface area (Å²) in [4.78, 5) is 16.3. The van der Waals surface area contributed by atoms with E-state index in [0.29, 0.717) is 17.1 Å². The van der Waals surface area contributed by atoms with Crippen LogP contribution in [-0.4, -0.2) is 30.4 Å². The summed E-state index contributed by atoms with van der Waals surface area (Å²) in [7, 11) is 0.